The fraction of sp³-hybridized carbons (Fsp3) is 0.938. The van der Waals surface area contributed by atoms with Crippen LogP contribution in [0.4, 0.5) is 0 Å². The van der Waals surface area contributed by atoms with Gasteiger partial charge in [-0.3, -0.25) is 4.79 Å². The molecule has 0 spiro atoms. The summed E-state index contributed by atoms with van der Waals surface area (Å²) in [5, 5.41) is 0. The SMILES string of the molecule is CCCCCC1CCC2C[C@H](C(N)=O)CC[C@@H]2C1. The fourth-order valence-electron chi connectivity index (χ4n) is 4.19. The molecule has 0 bridgehead atoms. The van der Waals surface area contributed by atoms with Gasteiger partial charge in [-0.1, -0.05) is 39.0 Å². The predicted octanol–water partition coefficient (Wildman–Crippen LogP) is 3.88. The van der Waals surface area contributed by atoms with Crippen molar-refractivity contribution in [2.75, 3.05) is 0 Å². The van der Waals surface area contributed by atoms with E-state index in [1.165, 1.54) is 51.4 Å². The summed E-state index contributed by atoms with van der Waals surface area (Å²) < 4.78 is 0. The number of nitrogens with two attached hydrogens (primary N) is 1. The van der Waals surface area contributed by atoms with Crippen molar-refractivity contribution < 1.29 is 4.79 Å². The van der Waals surface area contributed by atoms with E-state index in [0.29, 0.717) is 0 Å². The number of carbonyl (C=O) groups is 1. The Morgan fingerprint density at radius 3 is 2.50 bits per heavy atom. The van der Waals surface area contributed by atoms with Crippen LogP contribution in [-0.2, 0) is 4.79 Å². The lowest BCUT2D eigenvalue weighted by molar-refractivity contribution is -0.124. The molecular weight excluding hydrogens is 222 g/mol. The molecule has 4 atom stereocenters. The molecule has 0 aromatic rings. The van der Waals surface area contributed by atoms with Crippen molar-refractivity contribution in [1.29, 1.82) is 0 Å². The normalized spacial score (nSPS) is 36.1. The van der Waals surface area contributed by atoms with E-state index in [0.717, 1.165) is 30.6 Å². The van der Waals surface area contributed by atoms with Crippen LogP contribution in [-0.4, -0.2) is 5.91 Å². The summed E-state index contributed by atoms with van der Waals surface area (Å²) in [5.74, 6) is 2.81. The van der Waals surface area contributed by atoms with Crippen molar-refractivity contribution in [3.05, 3.63) is 0 Å². The Morgan fingerprint density at radius 2 is 1.78 bits per heavy atom. The largest absolute Gasteiger partial charge is 0.369 e. The van der Waals surface area contributed by atoms with Gasteiger partial charge in [-0.05, 0) is 49.9 Å². The Hall–Kier alpha value is -0.530. The minimum Gasteiger partial charge on any atom is -0.369 e. The van der Waals surface area contributed by atoms with Crippen LogP contribution in [0.25, 0.3) is 0 Å². The molecule has 104 valence electrons. The molecule has 2 unspecified atom stereocenters. The zero-order valence-corrected chi connectivity index (χ0v) is 11.9. The van der Waals surface area contributed by atoms with Gasteiger partial charge in [0.25, 0.3) is 0 Å². The molecule has 0 aromatic heterocycles. The lowest BCUT2D eigenvalue weighted by Crippen LogP contribution is -2.36. The highest BCUT2D eigenvalue weighted by atomic mass is 16.1. The number of hydrogen-bond acceptors (Lipinski definition) is 1. The Morgan fingerprint density at radius 1 is 1.06 bits per heavy atom. The highest BCUT2D eigenvalue weighted by Crippen LogP contribution is 2.45. The predicted molar refractivity (Wildman–Crippen MR) is 75.0 cm³/mol. The van der Waals surface area contributed by atoms with Gasteiger partial charge < -0.3 is 5.73 Å². The zero-order chi connectivity index (χ0) is 13.0. The maximum atomic E-state index is 11.3. The summed E-state index contributed by atoms with van der Waals surface area (Å²) in [6.45, 7) is 2.28. The molecule has 2 heteroatoms. The van der Waals surface area contributed by atoms with Gasteiger partial charge in [0.1, 0.15) is 0 Å². The van der Waals surface area contributed by atoms with Gasteiger partial charge in [0, 0.05) is 5.92 Å². The van der Waals surface area contributed by atoms with Gasteiger partial charge in [-0.25, -0.2) is 0 Å². The summed E-state index contributed by atoms with van der Waals surface area (Å²) in [6.07, 6.45) is 13.2. The minimum atomic E-state index is -0.0569. The highest BCUT2D eigenvalue weighted by Gasteiger charge is 2.36. The van der Waals surface area contributed by atoms with Gasteiger partial charge in [0.05, 0.1) is 0 Å². The van der Waals surface area contributed by atoms with Crippen molar-refractivity contribution in [2.24, 2.45) is 29.4 Å². The summed E-state index contributed by atoms with van der Waals surface area (Å²) in [6, 6.07) is 0. The summed E-state index contributed by atoms with van der Waals surface area (Å²) in [5.41, 5.74) is 5.46. The third kappa shape index (κ3) is 3.49. The molecule has 2 rings (SSSR count). The van der Waals surface area contributed by atoms with E-state index in [9.17, 15) is 4.79 Å². The zero-order valence-electron chi connectivity index (χ0n) is 11.9. The first-order valence-corrected chi connectivity index (χ1v) is 8.00. The summed E-state index contributed by atoms with van der Waals surface area (Å²) in [4.78, 5) is 11.3. The van der Waals surface area contributed by atoms with E-state index in [-0.39, 0.29) is 11.8 Å². The van der Waals surface area contributed by atoms with Crippen LogP contribution >= 0.6 is 0 Å². The van der Waals surface area contributed by atoms with Crippen LogP contribution in [0.15, 0.2) is 0 Å². The smallest absolute Gasteiger partial charge is 0.220 e. The van der Waals surface area contributed by atoms with Gasteiger partial charge in [0.2, 0.25) is 5.91 Å². The number of amides is 1. The molecule has 0 heterocycles. The van der Waals surface area contributed by atoms with Crippen LogP contribution in [0.2, 0.25) is 0 Å². The van der Waals surface area contributed by atoms with Gasteiger partial charge >= 0.3 is 0 Å². The molecule has 0 aromatic carbocycles. The maximum Gasteiger partial charge on any atom is 0.220 e. The molecule has 2 nitrogen and oxygen atoms in total. The van der Waals surface area contributed by atoms with Crippen LogP contribution < -0.4 is 5.73 Å². The van der Waals surface area contributed by atoms with Gasteiger partial charge in [-0.15, -0.1) is 0 Å². The standard InChI is InChI=1S/C16H29NO/c1-2-3-4-5-12-6-7-14-11-15(16(17)18)9-8-13(14)10-12/h12-15H,2-11H2,1H3,(H2,17,18)/t12?,13-,14?,15-/m1/s1. The molecule has 1 amide bonds. The second-order valence-corrected chi connectivity index (χ2v) is 6.61. The van der Waals surface area contributed by atoms with Crippen molar-refractivity contribution in [3.63, 3.8) is 0 Å². The Labute approximate surface area is 112 Å². The molecule has 18 heavy (non-hydrogen) atoms. The molecule has 0 saturated heterocycles. The van der Waals surface area contributed by atoms with E-state index >= 15 is 0 Å². The number of unbranched alkanes of at least 4 members (excludes halogenated alkanes) is 2. The molecule has 0 aliphatic heterocycles. The van der Waals surface area contributed by atoms with E-state index < -0.39 is 0 Å². The van der Waals surface area contributed by atoms with Crippen molar-refractivity contribution >= 4 is 5.91 Å². The number of primary amides is 1. The minimum absolute atomic E-state index is 0.0569. The van der Waals surface area contributed by atoms with E-state index in [1.807, 2.05) is 0 Å². The third-order valence-electron chi connectivity index (χ3n) is 5.34. The molecule has 0 radical (unpaired) electrons. The number of fused-ring (bicyclic) bond motifs is 1. The average Bonchev–Trinajstić information content (AvgIpc) is 2.38. The lowest BCUT2D eigenvalue weighted by atomic mass is 9.64. The topological polar surface area (TPSA) is 43.1 Å². The molecule has 2 fully saturated rings. The van der Waals surface area contributed by atoms with Crippen molar-refractivity contribution in [3.8, 4) is 0 Å². The molecule has 2 aliphatic carbocycles. The van der Waals surface area contributed by atoms with Gasteiger partial charge in [-0.2, -0.15) is 0 Å². The molecular formula is C16H29NO. The van der Waals surface area contributed by atoms with Crippen LogP contribution in [0.1, 0.15) is 71.1 Å². The number of carbonyl (C=O) groups excluding carboxylic acids is 1. The second-order valence-electron chi connectivity index (χ2n) is 6.61. The number of rotatable bonds is 5. The maximum absolute atomic E-state index is 11.3. The monoisotopic (exact) mass is 251 g/mol. The van der Waals surface area contributed by atoms with Crippen LogP contribution in [0.5, 0.6) is 0 Å². The highest BCUT2D eigenvalue weighted by molar-refractivity contribution is 5.76. The lowest BCUT2D eigenvalue weighted by Gasteiger charge is -2.41. The number of hydrogen-bond donors (Lipinski definition) is 1. The summed E-state index contributed by atoms with van der Waals surface area (Å²) >= 11 is 0. The van der Waals surface area contributed by atoms with Crippen molar-refractivity contribution in [2.45, 2.75) is 71.1 Å². The second kappa shape index (κ2) is 6.58. The molecule has 2 N–H and O–H groups in total. The van der Waals surface area contributed by atoms with Gasteiger partial charge in [0.15, 0.2) is 0 Å². The van der Waals surface area contributed by atoms with E-state index in [2.05, 4.69) is 6.92 Å². The van der Waals surface area contributed by atoms with Crippen LogP contribution in [0.3, 0.4) is 0 Å². The Kier molecular flexibility index (Phi) is 5.08. The third-order valence-corrected chi connectivity index (χ3v) is 5.34. The Balaban J connectivity index is 1.77. The van der Waals surface area contributed by atoms with Crippen molar-refractivity contribution in [1.82, 2.24) is 0 Å². The van der Waals surface area contributed by atoms with Crippen LogP contribution in [0, 0.1) is 23.7 Å². The van der Waals surface area contributed by atoms with E-state index in [4.69, 9.17) is 5.73 Å². The molecule has 2 aliphatic rings. The average molecular weight is 251 g/mol. The fourth-order valence-corrected chi connectivity index (χ4v) is 4.19. The first kappa shape index (κ1) is 13.9. The first-order chi connectivity index (χ1) is 8.70. The summed E-state index contributed by atoms with van der Waals surface area (Å²) in [7, 11) is 0. The van der Waals surface area contributed by atoms with E-state index in [1.54, 1.807) is 0 Å². The molecule has 2 saturated carbocycles. The quantitative estimate of drug-likeness (QED) is 0.740. The first-order valence-electron chi connectivity index (χ1n) is 8.00. The Bertz CT molecular complexity index is 276.